The van der Waals surface area contributed by atoms with Crippen LogP contribution in [0.2, 0.25) is 0 Å². The molecular weight excluding hydrogens is 330 g/mol. The predicted molar refractivity (Wildman–Crippen MR) is 92.5 cm³/mol. The summed E-state index contributed by atoms with van der Waals surface area (Å²) in [6, 6.07) is 17.8. The second-order valence-corrected chi connectivity index (χ2v) is 6.71. The molecule has 0 aliphatic rings. The summed E-state index contributed by atoms with van der Waals surface area (Å²) in [6.07, 6.45) is 1.10. The molecule has 0 radical (unpaired) electrons. The van der Waals surface area contributed by atoms with Crippen molar-refractivity contribution >= 4 is 27.7 Å². The number of nitrogens with one attached hydrogen (secondary N) is 1. The molecule has 0 spiro atoms. The molecule has 0 aliphatic heterocycles. The minimum absolute atomic E-state index is 0.384. The van der Waals surface area contributed by atoms with E-state index in [1.54, 1.807) is 0 Å². The Morgan fingerprint density at radius 1 is 1.05 bits per heavy atom. The van der Waals surface area contributed by atoms with Gasteiger partial charge in [-0.1, -0.05) is 47.1 Å². The number of aryl methyl sites for hydroxylation is 1. The van der Waals surface area contributed by atoms with Crippen LogP contribution in [0.3, 0.4) is 0 Å². The lowest BCUT2D eigenvalue weighted by atomic mass is 10.1. The highest BCUT2D eigenvalue weighted by Gasteiger charge is 2.09. The predicted octanol–water partition coefficient (Wildman–Crippen LogP) is 5.06. The molecule has 0 bridgehead atoms. The van der Waals surface area contributed by atoms with Crippen molar-refractivity contribution in [1.82, 2.24) is 5.32 Å². The summed E-state index contributed by atoms with van der Waals surface area (Å²) in [5, 5.41) is 3.41. The lowest BCUT2D eigenvalue weighted by Crippen LogP contribution is -2.18. The quantitative estimate of drug-likeness (QED) is 0.731. The molecule has 20 heavy (non-hydrogen) atoms. The molecule has 0 amide bonds. The lowest BCUT2D eigenvalue weighted by Gasteiger charge is -2.16. The van der Waals surface area contributed by atoms with Crippen LogP contribution in [-0.4, -0.2) is 12.8 Å². The third kappa shape index (κ3) is 4.37. The fourth-order valence-electron chi connectivity index (χ4n) is 2.04. The topological polar surface area (TPSA) is 12.0 Å². The van der Waals surface area contributed by atoms with Crippen molar-refractivity contribution in [3.8, 4) is 0 Å². The van der Waals surface area contributed by atoms with Crippen molar-refractivity contribution in [1.29, 1.82) is 0 Å². The monoisotopic (exact) mass is 349 g/mol. The number of hydrogen-bond donors (Lipinski definition) is 1. The van der Waals surface area contributed by atoms with Gasteiger partial charge in [0.15, 0.2) is 0 Å². The Labute approximate surface area is 134 Å². The van der Waals surface area contributed by atoms with Crippen molar-refractivity contribution in [2.75, 3.05) is 12.8 Å². The number of rotatable bonds is 6. The molecule has 1 atom stereocenters. The van der Waals surface area contributed by atoms with Crippen molar-refractivity contribution in [2.24, 2.45) is 0 Å². The van der Waals surface area contributed by atoms with E-state index in [1.807, 2.05) is 18.8 Å². The summed E-state index contributed by atoms with van der Waals surface area (Å²) in [7, 11) is 2.03. The van der Waals surface area contributed by atoms with E-state index in [1.165, 1.54) is 16.0 Å². The average Bonchev–Trinajstić information content (AvgIpc) is 2.50. The van der Waals surface area contributed by atoms with Gasteiger partial charge in [-0.2, -0.15) is 0 Å². The zero-order valence-corrected chi connectivity index (χ0v) is 14.3. The largest absolute Gasteiger partial charge is 0.312 e. The van der Waals surface area contributed by atoms with Gasteiger partial charge in [-0.15, -0.1) is 11.8 Å². The van der Waals surface area contributed by atoms with Crippen molar-refractivity contribution < 1.29 is 0 Å². The molecule has 0 aromatic heterocycles. The Morgan fingerprint density at radius 2 is 1.70 bits per heavy atom. The van der Waals surface area contributed by atoms with Gasteiger partial charge in [0.05, 0.1) is 0 Å². The van der Waals surface area contributed by atoms with Crippen LogP contribution in [0.1, 0.15) is 24.1 Å². The Morgan fingerprint density at radius 3 is 2.25 bits per heavy atom. The third-order valence-corrected chi connectivity index (χ3v) is 5.00. The minimum atomic E-state index is 0.384. The van der Waals surface area contributed by atoms with Crippen molar-refractivity contribution in [2.45, 2.75) is 24.3 Å². The molecule has 106 valence electrons. The van der Waals surface area contributed by atoms with Crippen LogP contribution in [0.25, 0.3) is 0 Å². The zero-order chi connectivity index (χ0) is 14.4. The summed E-state index contributed by atoms with van der Waals surface area (Å²) < 4.78 is 1.13. The van der Waals surface area contributed by atoms with E-state index in [9.17, 15) is 0 Å². The molecule has 0 fully saturated rings. The van der Waals surface area contributed by atoms with E-state index >= 15 is 0 Å². The summed E-state index contributed by atoms with van der Waals surface area (Å²) >= 11 is 5.35. The van der Waals surface area contributed by atoms with Crippen molar-refractivity contribution in [3.63, 3.8) is 0 Å². The maximum atomic E-state index is 3.47. The molecule has 0 aliphatic carbocycles. The van der Waals surface area contributed by atoms with Gasteiger partial charge in [-0.3, -0.25) is 0 Å². The smallest absolute Gasteiger partial charge is 0.0412 e. The SMILES string of the molecule is CCc1ccc(C(CSc2ccc(Br)cc2)NC)cc1. The van der Waals surface area contributed by atoms with Crippen LogP contribution >= 0.6 is 27.7 Å². The van der Waals surface area contributed by atoms with E-state index in [4.69, 9.17) is 0 Å². The fraction of sp³-hybridized carbons (Fsp3) is 0.294. The molecule has 1 nitrogen and oxygen atoms in total. The van der Waals surface area contributed by atoms with Crippen LogP contribution in [-0.2, 0) is 6.42 Å². The number of halogens is 1. The second-order valence-electron chi connectivity index (χ2n) is 4.70. The Bertz CT molecular complexity index is 522. The lowest BCUT2D eigenvalue weighted by molar-refractivity contribution is 0.661. The minimum Gasteiger partial charge on any atom is -0.312 e. The van der Waals surface area contributed by atoms with E-state index < -0.39 is 0 Å². The highest BCUT2D eigenvalue weighted by atomic mass is 79.9. The molecule has 2 aromatic carbocycles. The number of hydrogen-bond acceptors (Lipinski definition) is 2. The van der Waals surface area contributed by atoms with Crippen LogP contribution in [0.4, 0.5) is 0 Å². The van der Waals surface area contributed by atoms with Gasteiger partial charge in [0.25, 0.3) is 0 Å². The number of thioether (sulfide) groups is 1. The van der Waals surface area contributed by atoms with Crippen LogP contribution < -0.4 is 5.32 Å². The number of benzene rings is 2. The Hall–Kier alpha value is -0.770. The molecule has 2 rings (SSSR count). The van der Waals surface area contributed by atoms with Gasteiger partial charge < -0.3 is 5.32 Å². The molecule has 0 saturated heterocycles. The first kappa shape index (κ1) is 15.6. The van der Waals surface area contributed by atoms with Crippen molar-refractivity contribution in [3.05, 3.63) is 64.1 Å². The first-order valence-electron chi connectivity index (χ1n) is 6.87. The highest BCUT2D eigenvalue weighted by Crippen LogP contribution is 2.26. The Kier molecular flexibility index (Phi) is 6.14. The zero-order valence-electron chi connectivity index (χ0n) is 11.9. The van der Waals surface area contributed by atoms with Gasteiger partial charge in [-0.25, -0.2) is 0 Å². The molecular formula is C17H20BrNS. The molecule has 1 unspecified atom stereocenters. The second kappa shape index (κ2) is 7.87. The fourth-order valence-corrected chi connectivity index (χ4v) is 3.35. The van der Waals surface area contributed by atoms with E-state index in [0.29, 0.717) is 6.04 Å². The van der Waals surface area contributed by atoms with Gasteiger partial charge in [-0.05, 0) is 48.9 Å². The van der Waals surface area contributed by atoms with E-state index in [-0.39, 0.29) is 0 Å². The Balaban J connectivity index is 1.99. The van der Waals surface area contributed by atoms with Gasteiger partial charge in [0.1, 0.15) is 0 Å². The summed E-state index contributed by atoms with van der Waals surface area (Å²) in [5.74, 6) is 1.03. The molecule has 0 saturated carbocycles. The normalized spacial score (nSPS) is 12.3. The highest BCUT2D eigenvalue weighted by molar-refractivity contribution is 9.10. The summed E-state index contributed by atoms with van der Waals surface area (Å²) in [4.78, 5) is 1.30. The van der Waals surface area contributed by atoms with Gasteiger partial charge in [0.2, 0.25) is 0 Å². The third-order valence-electron chi connectivity index (χ3n) is 3.37. The molecule has 3 heteroatoms. The molecule has 2 aromatic rings. The van der Waals surface area contributed by atoms with E-state index in [0.717, 1.165) is 16.6 Å². The maximum Gasteiger partial charge on any atom is 0.0412 e. The van der Waals surface area contributed by atoms with E-state index in [2.05, 4.69) is 76.7 Å². The molecule has 0 heterocycles. The average molecular weight is 350 g/mol. The van der Waals surface area contributed by atoms with Crippen LogP contribution in [0, 0.1) is 0 Å². The van der Waals surface area contributed by atoms with Gasteiger partial charge >= 0.3 is 0 Å². The van der Waals surface area contributed by atoms with Gasteiger partial charge in [0, 0.05) is 21.2 Å². The molecule has 1 N–H and O–H groups in total. The standard InChI is InChI=1S/C17H20BrNS/c1-3-13-4-6-14(7-5-13)17(19-2)12-20-16-10-8-15(18)9-11-16/h4-11,17,19H,3,12H2,1-2H3. The van der Waals surface area contributed by atoms with Crippen LogP contribution in [0.15, 0.2) is 57.9 Å². The van der Waals surface area contributed by atoms with Crippen LogP contribution in [0.5, 0.6) is 0 Å². The first-order valence-corrected chi connectivity index (χ1v) is 8.65. The summed E-state index contributed by atoms with van der Waals surface area (Å²) in [5.41, 5.74) is 2.75. The maximum absolute atomic E-state index is 3.47. The first-order chi connectivity index (χ1) is 9.72. The summed E-state index contributed by atoms with van der Waals surface area (Å²) in [6.45, 7) is 2.19.